The highest BCUT2D eigenvalue weighted by Gasteiger charge is 2.21. The van der Waals surface area contributed by atoms with Crippen molar-refractivity contribution in [3.63, 3.8) is 0 Å². The van der Waals surface area contributed by atoms with E-state index >= 15 is 0 Å². The predicted octanol–water partition coefficient (Wildman–Crippen LogP) is 6.16. The summed E-state index contributed by atoms with van der Waals surface area (Å²) in [6.45, 7) is 7.95. The maximum absolute atomic E-state index is 4.83. The number of hydrazone groups is 1. The lowest BCUT2D eigenvalue weighted by atomic mass is 9.80. The quantitative estimate of drug-likeness (QED) is 0.554. The molecule has 0 aliphatic carbocycles. The summed E-state index contributed by atoms with van der Waals surface area (Å²) >= 11 is 0. The molecule has 132 valence electrons. The molecule has 0 amide bonds. The van der Waals surface area contributed by atoms with Crippen molar-refractivity contribution in [2.24, 2.45) is 5.10 Å². The highest BCUT2D eigenvalue weighted by atomic mass is 15.5. The molecule has 0 saturated carbocycles. The first-order valence-electron chi connectivity index (χ1n) is 9.61. The van der Waals surface area contributed by atoms with Crippen LogP contribution in [0.2, 0.25) is 0 Å². The van der Waals surface area contributed by atoms with Crippen LogP contribution < -0.4 is 5.01 Å². The molecule has 2 heteroatoms. The molecule has 0 aromatic heterocycles. The maximum Gasteiger partial charge on any atom is 0.0700 e. The molecule has 0 saturated heterocycles. The van der Waals surface area contributed by atoms with Gasteiger partial charge in [-0.1, -0.05) is 82.5 Å². The Morgan fingerprint density at radius 2 is 1.68 bits per heavy atom. The summed E-state index contributed by atoms with van der Waals surface area (Å²) in [5.41, 5.74) is 5.29. The van der Waals surface area contributed by atoms with Gasteiger partial charge in [0.25, 0.3) is 0 Å². The van der Waals surface area contributed by atoms with Crippen LogP contribution in [0.3, 0.4) is 0 Å². The van der Waals surface area contributed by atoms with E-state index in [0.717, 1.165) is 13.0 Å². The normalized spacial score (nSPS) is 14.7. The van der Waals surface area contributed by atoms with E-state index in [0.29, 0.717) is 0 Å². The van der Waals surface area contributed by atoms with Crippen LogP contribution in [0, 0.1) is 0 Å². The lowest BCUT2D eigenvalue weighted by Gasteiger charge is -2.26. The summed E-state index contributed by atoms with van der Waals surface area (Å²) in [5.74, 6) is 0. The van der Waals surface area contributed by atoms with Crippen molar-refractivity contribution >= 4 is 11.4 Å². The van der Waals surface area contributed by atoms with E-state index < -0.39 is 0 Å². The highest BCUT2D eigenvalue weighted by Crippen LogP contribution is 2.31. The summed E-state index contributed by atoms with van der Waals surface area (Å²) in [5, 5.41) is 6.97. The molecule has 2 aromatic carbocycles. The van der Waals surface area contributed by atoms with Gasteiger partial charge in [0, 0.05) is 13.0 Å². The third kappa shape index (κ3) is 4.31. The average molecular weight is 335 g/mol. The molecule has 2 aromatic rings. The van der Waals surface area contributed by atoms with Gasteiger partial charge < -0.3 is 0 Å². The average Bonchev–Trinajstić information content (AvgIpc) is 3.13. The molecule has 1 aliphatic rings. The van der Waals surface area contributed by atoms with E-state index in [1.54, 1.807) is 0 Å². The van der Waals surface area contributed by atoms with Crippen LogP contribution in [0.1, 0.15) is 64.0 Å². The molecule has 0 radical (unpaired) electrons. The van der Waals surface area contributed by atoms with Crippen LogP contribution in [0.15, 0.2) is 59.7 Å². The van der Waals surface area contributed by atoms with Crippen LogP contribution in [0.25, 0.3) is 0 Å². The van der Waals surface area contributed by atoms with E-state index in [2.05, 4.69) is 80.4 Å². The summed E-state index contributed by atoms with van der Waals surface area (Å²) in [6.07, 6.45) is 6.18. The lowest BCUT2D eigenvalue weighted by molar-refractivity contribution is 0.450. The number of benzene rings is 2. The van der Waals surface area contributed by atoms with Crippen LogP contribution in [-0.2, 0) is 5.41 Å². The fraction of sp³-hybridized carbons (Fsp3) is 0.435. The van der Waals surface area contributed by atoms with Crippen LogP contribution in [0.5, 0.6) is 0 Å². The van der Waals surface area contributed by atoms with Gasteiger partial charge in [0.1, 0.15) is 0 Å². The molecule has 1 aliphatic heterocycles. The van der Waals surface area contributed by atoms with Gasteiger partial charge in [0.2, 0.25) is 0 Å². The molecular formula is C23H30N2. The van der Waals surface area contributed by atoms with Crippen molar-refractivity contribution in [1.29, 1.82) is 0 Å². The van der Waals surface area contributed by atoms with Gasteiger partial charge in [-0.05, 0) is 35.1 Å². The monoisotopic (exact) mass is 334 g/mol. The third-order valence-electron chi connectivity index (χ3n) is 5.26. The zero-order chi connectivity index (χ0) is 17.7. The van der Waals surface area contributed by atoms with E-state index in [9.17, 15) is 0 Å². The Labute approximate surface area is 152 Å². The topological polar surface area (TPSA) is 15.6 Å². The predicted molar refractivity (Wildman–Crippen MR) is 109 cm³/mol. The summed E-state index contributed by atoms with van der Waals surface area (Å²) < 4.78 is 0. The molecule has 3 rings (SSSR count). The largest absolute Gasteiger partial charge is 0.265 e. The van der Waals surface area contributed by atoms with Gasteiger partial charge >= 0.3 is 0 Å². The summed E-state index contributed by atoms with van der Waals surface area (Å²) in [6, 6.07) is 19.5. The van der Waals surface area contributed by atoms with Crippen molar-refractivity contribution < 1.29 is 0 Å². The van der Waals surface area contributed by atoms with Crippen LogP contribution in [0.4, 0.5) is 5.69 Å². The van der Waals surface area contributed by atoms with Crippen molar-refractivity contribution in [2.45, 2.75) is 58.3 Å². The first-order chi connectivity index (χ1) is 12.1. The van der Waals surface area contributed by atoms with Crippen LogP contribution >= 0.6 is 0 Å². The third-order valence-corrected chi connectivity index (χ3v) is 5.26. The van der Waals surface area contributed by atoms with Gasteiger partial charge in [-0.2, -0.15) is 5.10 Å². The van der Waals surface area contributed by atoms with Crippen molar-refractivity contribution in [2.75, 3.05) is 11.6 Å². The molecule has 1 heterocycles. The minimum absolute atomic E-state index is 0.247. The number of hydrogen-bond acceptors (Lipinski definition) is 2. The number of nitrogens with zero attached hydrogens (tertiary/aromatic N) is 2. The maximum atomic E-state index is 4.83. The standard InChI is InChI=1S/C23H30N2/c1-4-5-9-17-23(2,3)20-12-14-21(15-13-20)25-18-16-22(24-25)19-10-7-6-8-11-19/h6-8,10-15H,4-5,9,16-18H2,1-3H3. The summed E-state index contributed by atoms with van der Waals surface area (Å²) in [7, 11) is 0. The van der Waals surface area contributed by atoms with Gasteiger partial charge in [-0.25, -0.2) is 0 Å². The minimum Gasteiger partial charge on any atom is -0.265 e. The Bertz CT molecular complexity index is 699. The van der Waals surface area contributed by atoms with Gasteiger partial charge in [0.05, 0.1) is 11.4 Å². The van der Waals surface area contributed by atoms with Crippen molar-refractivity contribution in [3.05, 3.63) is 65.7 Å². The fourth-order valence-corrected chi connectivity index (χ4v) is 3.52. The van der Waals surface area contributed by atoms with E-state index in [1.807, 2.05) is 0 Å². The second-order valence-corrected chi connectivity index (χ2v) is 7.67. The molecule has 0 bridgehead atoms. The number of unbranched alkanes of at least 4 members (excludes halogenated alkanes) is 2. The van der Waals surface area contributed by atoms with Gasteiger partial charge in [-0.3, -0.25) is 5.01 Å². The number of hydrogen-bond donors (Lipinski definition) is 0. The molecule has 2 nitrogen and oxygen atoms in total. The van der Waals surface area contributed by atoms with Gasteiger partial charge in [0.15, 0.2) is 0 Å². The number of rotatable bonds is 7. The van der Waals surface area contributed by atoms with Crippen molar-refractivity contribution in [1.82, 2.24) is 0 Å². The van der Waals surface area contributed by atoms with E-state index in [4.69, 9.17) is 5.10 Å². The molecule has 0 unspecified atom stereocenters. The molecule has 0 fully saturated rings. The highest BCUT2D eigenvalue weighted by molar-refractivity contribution is 6.02. The van der Waals surface area contributed by atoms with Crippen LogP contribution in [-0.4, -0.2) is 12.3 Å². The SMILES string of the molecule is CCCCCC(C)(C)c1ccc(N2CCC(c3ccccc3)=N2)cc1. The lowest BCUT2D eigenvalue weighted by Crippen LogP contribution is -2.17. The second-order valence-electron chi connectivity index (χ2n) is 7.67. The molecule has 0 spiro atoms. The second kappa shape index (κ2) is 7.86. The molecule has 25 heavy (non-hydrogen) atoms. The Morgan fingerprint density at radius 1 is 0.960 bits per heavy atom. The number of anilines is 1. The minimum atomic E-state index is 0.247. The Kier molecular flexibility index (Phi) is 5.57. The zero-order valence-electron chi connectivity index (χ0n) is 15.8. The fourth-order valence-electron chi connectivity index (χ4n) is 3.52. The van der Waals surface area contributed by atoms with E-state index in [1.165, 1.54) is 48.2 Å². The van der Waals surface area contributed by atoms with E-state index in [-0.39, 0.29) is 5.41 Å². The Hall–Kier alpha value is -2.09. The molecule has 0 N–H and O–H groups in total. The Morgan fingerprint density at radius 3 is 2.36 bits per heavy atom. The first kappa shape index (κ1) is 17.7. The first-order valence-corrected chi connectivity index (χ1v) is 9.61. The zero-order valence-corrected chi connectivity index (χ0v) is 15.8. The Balaban J connectivity index is 1.70. The van der Waals surface area contributed by atoms with Crippen molar-refractivity contribution in [3.8, 4) is 0 Å². The molecular weight excluding hydrogens is 304 g/mol. The smallest absolute Gasteiger partial charge is 0.0700 e. The summed E-state index contributed by atoms with van der Waals surface area (Å²) in [4.78, 5) is 0. The van der Waals surface area contributed by atoms with Gasteiger partial charge in [-0.15, -0.1) is 0 Å². The molecule has 0 atom stereocenters.